The smallest absolute Gasteiger partial charge is 0.229 e. The Morgan fingerprint density at radius 1 is 0.808 bits per heavy atom. The molecule has 3 aromatic rings. The molecule has 0 aliphatic carbocycles. The predicted octanol–water partition coefficient (Wildman–Crippen LogP) is 5.71. The second-order valence-electron chi connectivity index (χ2n) is 7.30. The quantitative estimate of drug-likeness (QED) is 0.633. The van der Waals surface area contributed by atoms with Crippen LogP contribution in [0.1, 0.15) is 32.0 Å². The molecule has 3 rings (SSSR count). The maximum absolute atomic E-state index is 13.0. The average molecular weight is 350 g/mol. The van der Waals surface area contributed by atoms with Crippen molar-refractivity contribution in [2.24, 2.45) is 0 Å². The lowest BCUT2D eigenvalue weighted by Crippen LogP contribution is -2.10. The van der Waals surface area contributed by atoms with Gasteiger partial charge < -0.3 is 10.6 Å². The summed E-state index contributed by atoms with van der Waals surface area (Å²) in [5.41, 5.74) is 3.93. The Hall–Kier alpha value is -2.95. The Morgan fingerprint density at radius 3 is 2.00 bits per heavy atom. The molecular weight excluding hydrogens is 327 g/mol. The van der Waals surface area contributed by atoms with Crippen LogP contribution in [0.5, 0.6) is 0 Å². The van der Waals surface area contributed by atoms with Gasteiger partial charge in [-0.1, -0.05) is 32.9 Å². The minimum atomic E-state index is -0.276. The first kappa shape index (κ1) is 17.9. The number of halogens is 1. The minimum absolute atomic E-state index is 0.121. The van der Waals surface area contributed by atoms with E-state index in [9.17, 15) is 4.39 Å². The lowest BCUT2D eigenvalue weighted by molar-refractivity contribution is 0.590. The third-order valence-electron chi connectivity index (χ3n) is 3.98. The van der Waals surface area contributed by atoms with Gasteiger partial charge in [-0.3, -0.25) is 0 Å². The van der Waals surface area contributed by atoms with Gasteiger partial charge in [-0.25, -0.2) is 9.37 Å². The molecule has 0 bridgehead atoms. The fourth-order valence-corrected chi connectivity index (χ4v) is 2.55. The lowest BCUT2D eigenvalue weighted by atomic mass is 9.87. The molecule has 2 aromatic carbocycles. The molecule has 1 aromatic heterocycles. The van der Waals surface area contributed by atoms with Crippen LogP contribution in [0, 0.1) is 12.7 Å². The molecule has 5 heteroatoms. The third-order valence-corrected chi connectivity index (χ3v) is 3.98. The molecule has 0 saturated carbocycles. The van der Waals surface area contributed by atoms with E-state index >= 15 is 0 Å². The largest absolute Gasteiger partial charge is 0.340 e. The molecule has 0 aliphatic heterocycles. The van der Waals surface area contributed by atoms with E-state index in [1.165, 1.54) is 17.7 Å². The average Bonchev–Trinajstić information content (AvgIpc) is 2.56. The van der Waals surface area contributed by atoms with Crippen molar-refractivity contribution in [3.63, 3.8) is 0 Å². The Labute approximate surface area is 153 Å². The minimum Gasteiger partial charge on any atom is -0.340 e. The van der Waals surface area contributed by atoms with Crippen molar-refractivity contribution >= 4 is 23.1 Å². The topological polar surface area (TPSA) is 49.8 Å². The normalized spacial score (nSPS) is 11.3. The maximum Gasteiger partial charge on any atom is 0.229 e. The number of aryl methyl sites for hydroxylation is 1. The molecule has 0 unspecified atom stereocenters. The molecular formula is C21H23FN4. The van der Waals surface area contributed by atoms with Crippen LogP contribution < -0.4 is 10.6 Å². The van der Waals surface area contributed by atoms with E-state index in [-0.39, 0.29) is 11.2 Å². The van der Waals surface area contributed by atoms with Crippen molar-refractivity contribution in [2.75, 3.05) is 10.6 Å². The van der Waals surface area contributed by atoms with Crippen molar-refractivity contribution in [2.45, 2.75) is 33.1 Å². The Morgan fingerprint density at radius 2 is 1.38 bits per heavy atom. The molecule has 4 nitrogen and oxygen atoms in total. The molecule has 0 aliphatic rings. The van der Waals surface area contributed by atoms with Gasteiger partial charge in [0.2, 0.25) is 5.95 Å². The first-order valence-corrected chi connectivity index (χ1v) is 8.55. The Balaban J connectivity index is 1.78. The van der Waals surface area contributed by atoms with Gasteiger partial charge in [-0.2, -0.15) is 4.98 Å². The van der Waals surface area contributed by atoms with Gasteiger partial charge in [0.05, 0.1) is 0 Å². The highest BCUT2D eigenvalue weighted by Gasteiger charge is 2.13. The van der Waals surface area contributed by atoms with Crippen LogP contribution in [0.2, 0.25) is 0 Å². The van der Waals surface area contributed by atoms with Crippen LogP contribution in [0.4, 0.5) is 27.5 Å². The fraction of sp³-hybridized carbons (Fsp3) is 0.238. The van der Waals surface area contributed by atoms with Gasteiger partial charge in [-0.05, 0) is 54.3 Å². The molecule has 0 saturated heterocycles. The summed E-state index contributed by atoms with van der Waals surface area (Å²) in [6, 6.07) is 16.3. The number of hydrogen-bond acceptors (Lipinski definition) is 4. The van der Waals surface area contributed by atoms with Crippen LogP contribution in [-0.2, 0) is 5.41 Å². The maximum atomic E-state index is 13.0. The number of nitrogens with zero attached hydrogens (tertiary/aromatic N) is 2. The van der Waals surface area contributed by atoms with E-state index < -0.39 is 0 Å². The Bertz CT molecular complexity index is 881. The van der Waals surface area contributed by atoms with Gasteiger partial charge >= 0.3 is 0 Å². The molecule has 134 valence electrons. The summed E-state index contributed by atoms with van der Waals surface area (Å²) in [6.07, 6.45) is 0. The number of rotatable bonds is 4. The molecule has 0 amide bonds. The number of benzene rings is 2. The highest BCUT2D eigenvalue weighted by molar-refractivity contribution is 5.60. The van der Waals surface area contributed by atoms with Crippen molar-refractivity contribution < 1.29 is 4.39 Å². The Kier molecular flexibility index (Phi) is 4.89. The standard InChI is InChI=1S/C21H23FN4/c1-14-13-19(24-17-9-5-15(6-10-17)21(2,3)4)26-20(23-14)25-18-11-7-16(22)8-12-18/h5-13H,1-4H3,(H2,23,24,25,26). The molecule has 26 heavy (non-hydrogen) atoms. The monoisotopic (exact) mass is 350 g/mol. The van der Waals surface area contributed by atoms with Gasteiger partial charge in [0, 0.05) is 23.1 Å². The molecule has 1 heterocycles. The second-order valence-corrected chi connectivity index (χ2v) is 7.30. The molecule has 0 spiro atoms. The second kappa shape index (κ2) is 7.12. The van der Waals surface area contributed by atoms with Crippen LogP contribution in [0.25, 0.3) is 0 Å². The van der Waals surface area contributed by atoms with Crippen LogP contribution in [0.15, 0.2) is 54.6 Å². The highest BCUT2D eigenvalue weighted by atomic mass is 19.1. The number of aromatic nitrogens is 2. The summed E-state index contributed by atoms with van der Waals surface area (Å²) < 4.78 is 13.0. The molecule has 0 fully saturated rings. The van der Waals surface area contributed by atoms with Gasteiger partial charge in [0.15, 0.2) is 0 Å². The van der Waals surface area contributed by atoms with Crippen molar-refractivity contribution in [3.05, 3.63) is 71.7 Å². The number of anilines is 4. The van der Waals surface area contributed by atoms with E-state index in [4.69, 9.17) is 0 Å². The zero-order chi connectivity index (χ0) is 18.7. The summed E-state index contributed by atoms with van der Waals surface area (Å²) in [5.74, 6) is 0.887. The molecule has 2 N–H and O–H groups in total. The zero-order valence-corrected chi connectivity index (χ0v) is 15.5. The predicted molar refractivity (Wildman–Crippen MR) is 105 cm³/mol. The summed E-state index contributed by atoms with van der Waals surface area (Å²) in [6.45, 7) is 8.48. The van der Waals surface area contributed by atoms with E-state index in [2.05, 4.69) is 53.5 Å². The van der Waals surface area contributed by atoms with E-state index in [1.54, 1.807) is 12.1 Å². The highest BCUT2D eigenvalue weighted by Crippen LogP contribution is 2.25. The van der Waals surface area contributed by atoms with Crippen LogP contribution >= 0.6 is 0 Å². The lowest BCUT2D eigenvalue weighted by Gasteiger charge is -2.19. The van der Waals surface area contributed by atoms with E-state index in [1.807, 2.05) is 25.1 Å². The van der Waals surface area contributed by atoms with Gasteiger partial charge in [-0.15, -0.1) is 0 Å². The summed E-state index contributed by atoms with van der Waals surface area (Å²) in [4.78, 5) is 8.87. The first-order valence-electron chi connectivity index (χ1n) is 8.55. The summed E-state index contributed by atoms with van der Waals surface area (Å²) in [5, 5.41) is 6.41. The fourth-order valence-electron chi connectivity index (χ4n) is 2.55. The zero-order valence-electron chi connectivity index (χ0n) is 15.5. The third kappa shape index (κ3) is 4.57. The van der Waals surface area contributed by atoms with Gasteiger partial charge in [0.1, 0.15) is 11.6 Å². The number of nitrogens with one attached hydrogen (secondary N) is 2. The van der Waals surface area contributed by atoms with Gasteiger partial charge in [0.25, 0.3) is 0 Å². The molecule has 0 radical (unpaired) electrons. The molecule has 0 atom stereocenters. The van der Waals surface area contributed by atoms with E-state index in [0.29, 0.717) is 11.8 Å². The number of hydrogen-bond donors (Lipinski definition) is 2. The summed E-state index contributed by atoms with van der Waals surface area (Å²) >= 11 is 0. The SMILES string of the molecule is Cc1cc(Nc2ccc(C(C)(C)C)cc2)nc(Nc2ccc(F)cc2)n1. The van der Waals surface area contributed by atoms with E-state index in [0.717, 1.165) is 17.1 Å². The first-order chi connectivity index (χ1) is 12.3. The van der Waals surface area contributed by atoms with Crippen LogP contribution in [-0.4, -0.2) is 9.97 Å². The van der Waals surface area contributed by atoms with Crippen molar-refractivity contribution in [1.29, 1.82) is 0 Å². The summed E-state index contributed by atoms with van der Waals surface area (Å²) in [7, 11) is 0. The van der Waals surface area contributed by atoms with Crippen molar-refractivity contribution in [3.8, 4) is 0 Å². The van der Waals surface area contributed by atoms with Crippen molar-refractivity contribution in [1.82, 2.24) is 9.97 Å². The van der Waals surface area contributed by atoms with Crippen LogP contribution in [0.3, 0.4) is 0 Å².